The molecule has 21 heavy (non-hydrogen) atoms. The van der Waals surface area contributed by atoms with Crippen LogP contribution in [0.25, 0.3) is 10.9 Å². The van der Waals surface area contributed by atoms with Crippen LogP contribution in [0.3, 0.4) is 0 Å². The molecule has 0 saturated carbocycles. The van der Waals surface area contributed by atoms with Crippen LogP contribution in [-0.4, -0.2) is 62.7 Å². The highest BCUT2D eigenvalue weighted by Gasteiger charge is 2.44. The topological polar surface area (TPSA) is 115 Å². The Bertz CT molecular complexity index is 612. The SMILES string of the molecule is OC[C@H]1O[C@@H](Oc2c[nH]c3ccccc23)[C@H](O)[C@@H](O)[C@@H]1O. The van der Waals surface area contributed by atoms with Gasteiger partial charge in [0.2, 0.25) is 6.29 Å². The summed E-state index contributed by atoms with van der Waals surface area (Å²) in [4.78, 5) is 3.01. The van der Waals surface area contributed by atoms with E-state index in [0.29, 0.717) is 5.75 Å². The van der Waals surface area contributed by atoms with Crippen molar-refractivity contribution in [2.75, 3.05) is 6.61 Å². The van der Waals surface area contributed by atoms with Crippen LogP contribution in [0.15, 0.2) is 30.5 Å². The Morgan fingerprint density at radius 1 is 1.10 bits per heavy atom. The van der Waals surface area contributed by atoms with Crippen LogP contribution in [0.4, 0.5) is 0 Å². The molecular weight excluding hydrogens is 278 g/mol. The van der Waals surface area contributed by atoms with Crippen molar-refractivity contribution in [1.29, 1.82) is 0 Å². The number of aromatic amines is 1. The number of nitrogens with one attached hydrogen (secondary N) is 1. The Kier molecular flexibility index (Phi) is 3.83. The number of H-pyrrole nitrogens is 1. The zero-order valence-electron chi connectivity index (χ0n) is 11.1. The lowest BCUT2D eigenvalue weighted by atomic mass is 9.99. The quantitative estimate of drug-likeness (QED) is 0.514. The van der Waals surface area contributed by atoms with Crippen molar-refractivity contribution < 1.29 is 29.9 Å². The van der Waals surface area contributed by atoms with Gasteiger partial charge in [-0.25, -0.2) is 0 Å². The van der Waals surface area contributed by atoms with Gasteiger partial charge >= 0.3 is 0 Å². The molecule has 0 aliphatic carbocycles. The van der Waals surface area contributed by atoms with E-state index in [1.165, 1.54) is 0 Å². The lowest BCUT2D eigenvalue weighted by Crippen LogP contribution is -2.60. The van der Waals surface area contributed by atoms with Crippen LogP contribution in [0.2, 0.25) is 0 Å². The van der Waals surface area contributed by atoms with Crippen molar-refractivity contribution in [2.24, 2.45) is 0 Å². The average Bonchev–Trinajstić information content (AvgIpc) is 2.91. The minimum atomic E-state index is -1.45. The number of benzene rings is 1. The molecule has 7 nitrogen and oxygen atoms in total. The maximum absolute atomic E-state index is 9.94. The van der Waals surface area contributed by atoms with E-state index in [0.717, 1.165) is 10.9 Å². The summed E-state index contributed by atoms with van der Waals surface area (Å²) in [6, 6.07) is 7.42. The first-order valence-electron chi connectivity index (χ1n) is 6.65. The summed E-state index contributed by atoms with van der Waals surface area (Å²) in [5.41, 5.74) is 0.858. The number of aliphatic hydroxyl groups is 4. The molecule has 3 rings (SSSR count). The molecule has 1 aliphatic rings. The van der Waals surface area contributed by atoms with Crippen molar-refractivity contribution in [3.8, 4) is 5.75 Å². The van der Waals surface area contributed by atoms with Crippen molar-refractivity contribution in [3.05, 3.63) is 30.5 Å². The monoisotopic (exact) mass is 295 g/mol. The first kappa shape index (κ1) is 14.3. The highest BCUT2D eigenvalue weighted by Crippen LogP contribution is 2.29. The second-order valence-corrected chi connectivity index (χ2v) is 5.01. The van der Waals surface area contributed by atoms with E-state index in [2.05, 4.69) is 4.98 Å². The van der Waals surface area contributed by atoms with Gasteiger partial charge in [-0.2, -0.15) is 0 Å². The van der Waals surface area contributed by atoms with E-state index in [1.807, 2.05) is 24.3 Å². The van der Waals surface area contributed by atoms with Gasteiger partial charge in [0.1, 0.15) is 30.2 Å². The molecule has 0 unspecified atom stereocenters. The third kappa shape index (κ3) is 2.50. The van der Waals surface area contributed by atoms with Crippen LogP contribution in [0.5, 0.6) is 5.75 Å². The summed E-state index contributed by atoms with van der Waals surface area (Å²) < 4.78 is 10.9. The van der Waals surface area contributed by atoms with Crippen molar-refractivity contribution >= 4 is 10.9 Å². The van der Waals surface area contributed by atoms with Crippen LogP contribution in [0, 0.1) is 0 Å². The molecule has 0 bridgehead atoms. The minimum Gasteiger partial charge on any atom is -0.460 e. The molecule has 1 fully saturated rings. The third-order valence-electron chi connectivity index (χ3n) is 3.64. The van der Waals surface area contributed by atoms with Gasteiger partial charge < -0.3 is 34.9 Å². The molecule has 0 radical (unpaired) electrons. The lowest BCUT2D eigenvalue weighted by Gasteiger charge is -2.39. The van der Waals surface area contributed by atoms with E-state index >= 15 is 0 Å². The van der Waals surface area contributed by atoms with Gasteiger partial charge in [-0.3, -0.25) is 0 Å². The van der Waals surface area contributed by atoms with E-state index in [-0.39, 0.29) is 0 Å². The first-order chi connectivity index (χ1) is 10.1. The fourth-order valence-corrected chi connectivity index (χ4v) is 2.43. The molecule has 5 N–H and O–H groups in total. The number of fused-ring (bicyclic) bond motifs is 1. The number of ether oxygens (including phenoxy) is 2. The average molecular weight is 295 g/mol. The van der Waals surface area contributed by atoms with E-state index in [4.69, 9.17) is 14.6 Å². The molecular formula is C14H17NO6. The fraction of sp³-hybridized carbons (Fsp3) is 0.429. The van der Waals surface area contributed by atoms with Crippen LogP contribution >= 0.6 is 0 Å². The summed E-state index contributed by atoms with van der Waals surface area (Å²) in [5, 5.41) is 39.3. The summed E-state index contributed by atoms with van der Waals surface area (Å²) in [6.07, 6.45) is -4.82. The highest BCUT2D eigenvalue weighted by molar-refractivity contribution is 5.85. The molecule has 2 aromatic rings. The first-order valence-corrected chi connectivity index (χ1v) is 6.65. The van der Waals surface area contributed by atoms with Crippen molar-refractivity contribution in [3.63, 3.8) is 0 Å². The largest absolute Gasteiger partial charge is 0.460 e. The van der Waals surface area contributed by atoms with E-state index < -0.39 is 37.3 Å². The molecule has 2 heterocycles. The van der Waals surface area contributed by atoms with Crippen LogP contribution in [0.1, 0.15) is 0 Å². The van der Waals surface area contributed by atoms with Crippen LogP contribution in [-0.2, 0) is 4.74 Å². The summed E-state index contributed by atoms with van der Waals surface area (Å²) in [6.45, 7) is -0.487. The predicted octanol–water partition coefficient (Wildman–Crippen LogP) is -0.653. The normalized spacial score (nSPS) is 33.2. The minimum absolute atomic E-state index is 0.454. The van der Waals surface area contributed by atoms with Gasteiger partial charge in [0.15, 0.2) is 0 Å². The van der Waals surface area contributed by atoms with Crippen molar-refractivity contribution in [2.45, 2.75) is 30.7 Å². The standard InChI is InChI=1S/C14H17NO6/c16-6-10-11(17)12(18)13(19)14(21-10)20-9-5-15-8-4-2-1-3-7(8)9/h1-5,10-19H,6H2/t10-,11-,12+,13-,14-/m1/s1. The summed E-state index contributed by atoms with van der Waals surface area (Å²) in [7, 11) is 0. The van der Waals surface area contributed by atoms with Gasteiger partial charge in [-0.15, -0.1) is 0 Å². The van der Waals surface area contributed by atoms with E-state index in [1.54, 1.807) is 6.20 Å². The summed E-state index contributed by atoms with van der Waals surface area (Å²) >= 11 is 0. The predicted molar refractivity (Wildman–Crippen MR) is 72.7 cm³/mol. The zero-order chi connectivity index (χ0) is 15.0. The summed E-state index contributed by atoms with van der Waals surface area (Å²) in [5.74, 6) is 0.454. The Hall–Kier alpha value is -1.64. The Morgan fingerprint density at radius 3 is 2.62 bits per heavy atom. The second-order valence-electron chi connectivity index (χ2n) is 5.01. The zero-order valence-corrected chi connectivity index (χ0v) is 11.1. The van der Waals surface area contributed by atoms with Gasteiger partial charge in [0.05, 0.1) is 6.61 Å². The highest BCUT2D eigenvalue weighted by atomic mass is 16.7. The molecule has 1 saturated heterocycles. The lowest BCUT2D eigenvalue weighted by molar-refractivity contribution is -0.277. The maximum Gasteiger partial charge on any atom is 0.229 e. The molecule has 1 aliphatic heterocycles. The number of hydrogen-bond acceptors (Lipinski definition) is 6. The molecule has 1 aromatic heterocycles. The van der Waals surface area contributed by atoms with Gasteiger partial charge in [-0.05, 0) is 12.1 Å². The number of aliphatic hydroxyl groups excluding tert-OH is 4. The molecule has 114 valence electrons. The Labute approximate surface area is 120 Å². The molecule has 0 amide bonds. The fourth-order valence-electron chi connectivity index (χ4n) is 2.43. The number of rotatable bonds is 3. The molecule has 0 spiro atoms. The van der Waals surface area contributed by atoms with Gasteiger partial charge in [-0.1, -0.05) is 12.1 Å². The molecule has 7 heteroatoms. The molecule has 1 aromatic carbocycles. The third-order valence-corrected chi connectivity index (χ3v) is 3.64. The number of para-hydroxylation sites is 1. The van der Waals surface area contributed by atoms with Crippen LogP contribution < -0.4 is 4.74 Å². The Morgan fingerprint density at radius 2 is 1.86 bits per heavy atom. The van der Waals surface area contributed by atoms with Crippen molar-refractivity contribution in [1.82, 2.24) is 4.98 Å². The van der Waals surface area contributed by atoms with Gasteiger partial charge in [0, 0.05) is 17.1 Å². The van der Waals surface area contributed by atoms with E-state index in [9.17, 15) is 15.3 Å². The number of aromatic nitrogens is 1. The second kappa shape index (κ2) is 5.63. The number of hydrogen-bond donors (Lipinski definition) is 5. The Balaban J connectivity index is 1.83. The maximum atomic E-state index is 9.94. The smallest absolute Gasteiger partial charge is 0.229 e. The molecule has 5 atom stereocenters. The van der Waals surface area contributed by atoms with Gasteiger partial charge in [0.25, 0.3) is 0 Å².